The molecule has 0 fully saturated rings. The minimum absolute atomic E-state index is 0.417. The lowest BCUT2D eigenvalue weighted by atomic mass is 10.4. The number of thioether (sulfide) groups is 1. The fourth-order valence-electron chi connectivity index (χ4n) is 0.885. The molecule has 0 amide bonds. The molecule has 0 radical (unpaired) electrons. The first-order chi connectivity index (χ1) is 6.61. The molecule has 78 valence electrons. The molecular formula is C8H13N3O2S. The fraction of sp³-hybridized carbons (Fsp3) is 0.500. The molecule has 1 atom stereocenters. The Morgan fingerprint density at radius 1 is 1.86 bits per heavy atom. The number of aryl methyl sites for hydroxylation is 1. The van der Waals surface area contributed by atoms with Crippen molar-refractivity contribution in [1.29, 1.82) is 0 Å². The summed E-state index contributed by atoms with van der Waals surface area (Å²) in [7, 11) is 1.90. The van der Waals surface area contributed by atoms with E-state index in [9.17, 15) is 4.79 Å². The number of hydrogen-bond acceptors (Lipinski definition) is 4. The molecule has 0 aliphatic heterocycles. The molecule has 1 aromatic rings. The maximum absolute atomic E-state index is 10.4. The van der Waals surface area contributed by atoms with Gasteiger partial charge in [-0.05, 0) is 0 Å². The highest BCUT2D eigenvalue weighted by atomic mass is 32.2. The van der Waals surface area contributed by atoms with Crippen molar-refractivity contribution in [2.45, 2.75) is 11.8 Å². The number of carbonyl (C=O) groups is 1. The van der Waals surface area contributed by atoms with Crippen molar-refractivity contribution in [3.8, 4) is 0 Å². The molecule has 14 heavy (non-hydrogen) atoms. The summed E-state index contributed by atoms with van der Waals surface area (Å²) in [6.07, 6.45) is 3.48. The molecular weight excluding hydrogens is 202 g/mol. The molecule has 3 N–H and O–H groups in total. The normalized spacial score (nSPS) is 12.7. The largest absolute Gasteiger partial charge is 0.480 e. The third kappa shape index (κ3) is 3.04. The van der Waals surface area contributed by atoms with Crippen molar-refractivity contribution >= 4 is 17.7 Å². The quantitative estimate of drug-likeness (QED) is 0.726. The summed E-state index contributed by atoms with van der Waals surface area (Å²) in [5, 5.41) is 8.54. The van der Waals surface area contributed by atoms with Crippen molar-refractivity contribution in [2.24, 2.45) is 12.8 Å². The first-order valence-electron chi connectivity index (χ1n) is 4.12. The number of aliphatic carboxylic acids is 1. The van der Waals surface area contributed by atoms with Crippen LogP contribution in [0.15, 0.2) is 12.5 Å². The molecule has 0 spiro atoms. The van der Waals surface area contributed by atoms with Crippen LogP contribution >= 0.6 is 11.8 Å². The van der Waals surface area contributed by atoms with Gasteiger partial charge in [-0.2, -0.15) is 11.8 Å². The minimum atomic E-state index is -0.956. The predicted octanol–water partition coefficient (Wildman–Crippen LogP) is 0.0652. The van der Waals surface area contributed by atoms with Crippen molar-refractivity contribution in [3.05, 3.63) is 18.2 Å². The summed E-state index contributed by atoms with van der Waals surface area (Å²) in [6, 6.07) is -0.784. The zero-order valence-electron chi connectivity index (χ0n) is 7.88. The molecule has 0 saturated carbocycles. The Bertz CT molecular complexity index is 313. The molecule has 0 saturated heterocycles. The van der Waals surface area contributed by atoms with Gasteiger partial charge in [-0.15, -0.1) is 0 Å². The van der Waals surface area contributed by atoms with Crippen LogP contribution < -0.4 is 5.73 Å². The highest BCUT2D eigenvalue weighted by Gasteiger charge is 2.11. The van der Waals surface area contributed by atoms with Gasteiger partial charge < -0.3 is 15.4 Å². The Morgan fingerprint density at radius 2 is 2.57 bits per heavy atom. The van der Waals surface area contributed by atoms with Gasteiger partial charge in [-0.3, -0.25) is 4.79 Å². The molecule has 0 aliphatic carbocycles. The number of hydrogen-bond donors (Lipinski definition) is 2. The van der Waals surface area contributed by atoms with Gasteiger partial charge >= 0.3 is 5.97 Å². The topological polar surface area (TPSA) is 81.1 Å². The summed E-state index contributed by atoms with van der Waals surface area (Å²) in [4.78, 5) is 14.4. The second-order valence-electron chi connectivity index (χ2n) is 2.96. The number of nitrogens with two attached hydrogens (primary N) is 1. The fourth-order valence-corrected chi connectivity index (χ4v) is 1.89. The van der Waals surface area contributed by atoms with Gasteiger partial charge in [0, 0.05) is 30.4 Å². The number of imidazole rings is 1. The number of carboxylic acid groups (broad SMARTS) is 1. The van der Waals surface area contributed by atoms with E-state index in [1.54, 1.807) is 12.5 Å². The SMILES string of the molecule is Cn1cncc1CSCC(N)C(=O)O. The van der Waals surface area contributed by atoms with Crippen LogP contribution in [0.25, 0.3) is 0 Å². The zero-order valence-corrected chi connectivity index (χ0v) is 8.70. The van der Waals surface area contributed by atoms with Gasteiger partial charge in [0.25, 0.3) is 0 Å². The summed E-state index contributed by atoms with van der Waals surface area (Å²) in [6.45, 7) is 0. The average Bonchev–Trinajstić information content (AvgIpc) is 2.51. The number of carboxylic acids is 1. The average molecular weight is 215 g/mol. The van der Waals surface area contributed by atoms with E-state index < -0.39 is 12.0 Å². The van der Waals surface area contributed by atoms with E-state index in [2.05, 4.69) is 4.98 Å². The third-order valence-corrected chi connectivity index (χ3v) is 2.88. The van der Waals surface area contributed by atoms with Gasteiger partial charge in [0.2, 0.25) is 0 Å². The molecule has 1 heterocycles. The summed E-state index contributed by atoms with van der Waals surface area (Å²) < 4.78 is 1.90. The molecule has 6 heteroatoms. The van der Waals surface area contributed by atoms with E-state index in [-0.39, 0.29) is 0 Å². The molecule has 0 aromatic carbocycles. The number of aromatic nitrogens is 2. The van der Waals surface area contributed by atoms with E-state index in [4.69, 9.17) is 10.8 Å². The van der Waals surface area contributed by atoms with E-state index in [1.807, 2.05) is 11.6 Å². The maximum atomic E-state index is 10.4. The van der Waals surface area contributed by atoms with Crippen LogP contribution in [0.4, 0.5) is 0 Å². The predicted molar refractivity (Wildman–Crippen MR) is 55.0 cm³/mol. The van der Waals surface area contributed by atoms with Crippen molar-refractivity contribution < 1.29 is 9.90 Å². The van der Waals surface area contributed by atoms with Crippen molar-refractivity contribution in [1.82, 2.24) is 9.55 Å². The van der Waals surface area contributed by atoms with Crippen LogP contribution in [0, 0.1) is 0 Å². The second kappa shape index (κ2) is 5.02. The first kappa shape index (κ1) is 11.1. The molecule has 1 unspecified atom stereocenters. The van der Waals surface area contributed by atoms with Gasteiger partial charge in [-0.1, -0.05) is 0 Å². The van der Waals surface area contributed by atoms with Crippen LogP contribution in [0.2, 0.25) is 0 Å². The number of nitrogens with zero attached hydrogens (tertiary/aromatic N) is 2. The Labute approximate surface area is 86.3 Å². The van der Waals surface area contributed by atoms with E-state index in [0.717, 1.165) is 11.4 Å². The van der Waals surface area contributed by atoms with Crippen LogP contribution in [0.1, 0.15) is 5.69 Å². The highest BCUT2D eigenvalue weighted by molar-refractivity contribution is 7.98. The van der Waals surface area contributed by atoms with E-state index >= 15 is 0 Å². The van der Waals surface area contributed by atoms with Crippen LogP contribution in [0.5, 0.6) is 0 Å². The van der Waals surface area contributed by atoms with Crippen molar-refractivity contribution in [2.75, 3.05) is 5.75 Å². The van der Waals surface area contributed by atoms with Gasteiger partial charge in [-0.25, -0.2) is 4.98 Å². The van der Waals surface area contributed by atoms with Gasteiger partial charge in [0.05, 0.1) is 6.33 Å². The monoisotopic (exact) mass is 215 g/mol. The Morgan fingerprint density at radius 3 is 3.07 bits per heavy atom. The number of rotatable bonds is 5. The Balaban J connectivity index is 2.29. The lowest BCUT2D eigenvalue weighted by molar-refractivity contribution is -0.137. The Hall–Kier alpha value is -1.01. The lowest BCUT2D eigenvalue weighted by Crippen LogP contribution is -2.32. The van der Waals surface area contributed by atoms with E-state index in [0.29, 0.717) is 5.75 Å². The van der Waals surface area contributed by atoms with Crippen LogP contribution in [-0.4, -0.2) is 32.4 Å². The first-order valence-corrected chi connectivity index (χ1v) is 5.28. The van der Waals surface area contributed by atoms with Gasteiger partial charge in [0.15, 0.2) is 0 Å². The molecule has 1 rings (SSSR count). The Kier molecular flexibility index (Phi) is 3.97. The molecule has 0 bridgehead atoms. The minimum Gasteiger partial charge on any atom is -0.480 e. The smallest absolute Gasteiger partial charge is 0.321 e. The third-order valence-electron chi connectivity index (χ3n) is 1.78. The van der Waals surface area contributed by atoms with Crippen molar-refractivity contribution in [3.63, 3.8) is 0 Å². The van der Waals surface area contributed by atoms with E-state index in [1.165, 1.54) is 11.8 Å². The standard InChI is InChI=1S/C8H13N3O2S/c1-11-5-10-2-6(11)3-14-4-7(9)8(12)13/h2,5,7H,3-4,9H2,1H3,(H,12,13). The van der Waals surface area contributed by atoms with Crippen LogP contribution in [0.3, 0.4) is 0 Å². The summed E-state index contributed by atoms with van der Waals surface area (Å²) in [5.41, 5.74) is 6.41. The molecule has 1 aromatic heterocycles. The second-order valence-corrected chi connectivity index (χ2v) is 3.99. The molecule has 0 aliphatic rings. The maximum Gasteiger partial charge on any atom is 0.321 e. The zero-order chi connectivity index (χ0) is 10.6. The molecule has 5 nitrogen and oxygen atoms in total. The highest BCUT2D eigenvalue weighted by Crippen LogP contribution is 2.11. The summed E-state index contributed by atoms with van der Waals surface area (Å²) in [5.74, 6) is 0.195. The van der Waals surface area contributed by atoms with Gasteiger partial charge in [0.1, 0.15) is 6.04 Å². The lowest BCUT2D eigenvalue weighted by Gasteiger charge is -2.05. The van der Waals surface area contributed by atoms with Crippen LogP contribution in [-0.2, 0) is 17.6 Å². The summed E-state index contributed by atoms with van der Waals surface area (Å²) >= 11 is 1.49.